The normalized spacial score (nSPS) is 14.6. The van der Waals surface area contributed by atoms with Gasteiger partial charge in [-0.15, -0.1) is 0 Å². The molecule has 0 saturated carbocycles. The third-order valence-corrected chi connectivity index (χ3v) is 8.27. The highest BCUT2D eigenvalue weighted by Gasteiger charge is 2.35. The van der Waals surface area contributed by atoms with E-state index in [1.165, 1.54) is 28.0 Å². The lowest BCUT2D eigenvalue weighted by molar-refractivity contribution is -0.138. The molecule has 0 spiro atoms. The molecule has 0 fully saturated rings. The van der Waals surface area contributed by atoms with Crippen molar-refractivity contribution in [2.24, 2.45) is 4.99 Å². The van der Waals surface area contributed by atoms with Gasteiger partial charge in [-0.1, -0.05) is 95.7 Å². The van der Waals surface area contributed by atoms with Crippen molar-refractivity contribution in [2.75, 3.05) is 6.61 Å². The first kappa shape index (κ1) is 29.3. The third kappa shape index (κ3) is 6.00. The number of rotatable bonds is 8. The van der Waals surface area contributed by atoms with Gasteiger partial charge in [0.15, 0.2) is 4.80 Å². The molecule has 6 rings (SSSR count). The topological polar surface area (TPSA) is 69.9 Å². The van der Waals surface area contributed by atoms with Gasteiger partial charge in [0, 0.05) is 16.1 Å². The number of hydrogen-bond donors (Lipinski definition) is 0. The fourth-order valence-electron chi connectivity index (χ4n) is 5.06. The summed E-state index contributed by atoms with van der Waals surface area (Å²) in [6.45, 7) is 2.15. The first-order chi connectivity index (χ1) is 21.4. The van der Waals surface area contributed by atoms with Crippen LogP contribution in [0.15, 0.2) is 118 Å². The summed E-state index contributed by atoms with van der Waals surface area (Å²) in [6.07, 6.45) is 1.76. The number of para-hydroxylation sites is 1. The van der Waals surface area contributed by atoms with Crippen LogP contribution in [0.4, 0.5) is 4.39 Å². The number of fused-ring (bicyclic) bond motifs is 1. The number of aromatic nitrogens is 1. The van der Waals surface area contributed by atoms with E-state index < -0.39 is 17.8 Å². The molecule has 1 atom stereocenters. The zero-order chi connectivity index (χ0) is 30.6. The summed E-state index contributed by atoms with van der Waals surface area (Å²) in [4.78, 5) is 32.9. The van der Waals surface area contributed by atoms with Crippen molar-refractivity contribution in [3.8, 4) is 5.75 Å². The smallest absolute Gasteiger partial charge is 0.338 e. The number of ether oxygens (including phenoxy) is 2. The van der Waals surface area contributed by atoms with E-state index in [0.29, 0.717) is 49.1 Å². The van der Waals surface area contributed by atoms with Crippen LogP contribution < -0.4 is 19.6 Å². The van der Waals surface area contributed by atoms with E-state index in [2.05, 4.69) is 0 Å². The van der Waals surface area contributed by atoms with E-state index in [-0.39, 0.29) is 17.7 Å². The van der Waals surface area contributed by atoms with Crippen molar-refractivity contribution in [3.05, 3.63) is 161 Å². The molecule has 5 aromatic rings. The van der Waals surface area contributed by atoms with Gasteiger partial charge in [-0.2, -0.15) is 0 Å². The monoisotopic (exact) mass is 624 g/mol. The Hall–Kier alpha value is -4.79. The third-order valence-electron chi connectivity index (χ3n) is 7.05. The largest absolute Gasteiger partial charge is 0.488 e. The molecule has 0 aliphatic carbocycles. The lowest BCUT2D eigenvalue weighted by atomic mass is 9.93. The summed E-state index contributed by atoms with van der Waals surface area (Å²) >= 11 is 7.34. The summed E-state index contributed by atoms with van der Waals surface area (Å²) < 4.78 is 27.5. The molecule has 0 saturated heterocycles. The molecule has 1 aromatic heterocycles. The second kappa shape index (κ2) is 12.8. The molecule has 0 N–H and O–H groups in total. The summed E-state index contributed by atoms with van der Waals surface area (Å²) in [5.74, 6) is -0.440. The summed E-state index contributed by atoms with van der Waals surface area (Å²) in [5, 5.41) is 0.619. The molecule has 0 radical (unpaired) electrons. The van der Waals surface area contributed by atoms with E-state index in [9.17, 15) is 14.0 Å². The zero-order valence-electron chi connectivity index (χ0n) is 23.6. The maximum atomic E-state index is 14.1. The number of carbonyl (C=O) groups is 1. The van der Waals surface area contributed by atoms with Gasteiger partial charge in [0.05, 0.1) is 28.5 Å². The van der Waals surface area contributed by atoms with E-state index in [0.717, 1.165) is 5.56 Å². The van der Waals surface area contributed by atoms with Gasteiger partial charge in [0.1, 0.15) is 18.2 Å². The van der Waals surface area contributed by atoms with Crippen molar-refractivity contribution < 1.29 is 18.7 Å². The van der Waals surface area contributed by atoms with E-state index in [4.69, 9.17) is 26.1 Å². The number of benzene rings is 4. The van der Waals surface area contributed by atoms with Gasteiger partial charge in [-0.3, -0.25) is 9.36 Å². The number of halogens is 2. The van der Waals surface area contributed by atoms with Crippen LogP contribution >= 0.6 is 22.9 Å². The van der Waals surface area contributed by atoms with Crippen LogP contribution in [-0.4, -0.2) is 17.1 Å². The lowest BCUT2D eigenvalue weighted by Crippen LogP contribution is -2.40. The average molecular weight is 625 g/mol. The Labute approximate surface area is 261 Å². The SMILES string of the molecule is CCOC(=O)C1=C(c2ccccc2)N=c2s/c(=C\c3ccccc3OCc3cccc(Cl)c3)c(=O)n2[C@@H]1c1ccc(F)cc1. The predicted molar refractivity (Wildman–Crippen MR) is 170 cm³/mol. The van der Waals surface area contributed by atoms with Crippen LogP contribution in [0.25, 0.3) is 11.8 Å². The van der Waals surface area contributed by atoms with Crippen LogP contribution in [0.1, 0.15) is 35.2 Å². The lowest BCUT2D eigenvalue weighted by Gasteiger charge is -2.25. The molecule has 0 amide bonds. The Bertz CT molecular complexity index is 2050. The summed E-state index contributed by atoms with van der Waals surface area (Å²) in [6, 6.07) is 29.0. The van der Waals surface area contributed by atoms with Crippen molar-refractivity contribution >= 4 is 40.7 Å². The minimum atomic E-state index is -0.891. The van der Waals surface area contributed by atoms with Gasteiger partial charge in [0.2, 0.25) is 0 Å². The first-order valence-electron chi connectivity index (χ1n) is 13.9. The fraction of sp³-hybridized carbons (Fsp3) is 0.114. The molecule has 0 unspecified atom stereocenters. The Kier molecular flexibility index (Phi) is 8.54. The predicted octanol–water partition coefficient (Wildman–Crippen LogP) is 6.31. The molecule has 2 heterocycles. The fourth-order valence-corrected chi connectivity index (χ4v) is 6.27. The van der Waals surface area contributed by atoms with Crippen molar-refractivity contribution in [1.29, 1.82) is 0 Å². The number of thiazole rings is 1. The van der Waals surface area contributed by atoms with Crippen LogP contribution in [0.5, 0.6) is 5.75 Å². The molecule has 4 aromatic carbocycles. The van der Waals surface area contributed by atoms with Gasteiger partial charge < -0.3 is 9.47 Å². The molecule has 9 heteroatoms. The minimum Gasteiger partial charge on any atom is -0.488 e. The molecule has 44 heavy (non-hydrogen) atoms. The molecule has 0 bridgehead atoms. The first-order valence-corrected chi connectivity index (χ1v) is 15.1. The highest BCUT2D eigenvalue weighted by atomic mass is 35.5. The number of nitrogens with zero attached hydrogens (tertiary/aromatic N) is 2. The Morgan fingerprint density at radius 2 is 1.75 bits per heavy atom. The molecule has 1 aliphatic rings. The Morgan fingerprint density at radius 3 is 2.50 bits per heavy atom. The van der Waals surface area contributed by atoms with E-state index >= 15 is 0 Å². The Morgan fingerprint density at radius 1 is 1.00 bits per heavy atom. The van der Waals surface area contributed by atoms with Crippen molar-refractivity contribution in [1.82, 2.24) is 4.57 Å². The highest BCUT2D eigenvalue weighted by Crippen LogP contribution is 2.35. The number of esters is 1. The molecule has 220 valence electrons. The quantitative estimate of drug-likeness (QED) is 0.190. The van der Waals surface area contributed by atoms with Crippen molar-refractivity contribution in [2.45, 2.75) is 19.6 Å². The van der Waals surface area contributed by atoms with E-state index in [1.54, 1.807) is 31.2 Å². The van der Waals surface area contributed by atoms with E-state index in [1.807, 2.05) is 72.8 Å². The minimum absolute atomic E-state index is 0.136. The van der Waals surface area contributed by atoms with Gasteiger partial charge >= 0.3 is 5.97 Å². The van der Waals surface area contributed by atoms with Gasteiger partial charge in [0.25, 0.3) is 5.56 Å². The van der Waals surface area contributed by atoms with Crippen LogP contribution in [0.3, 0.4) is 0 Å². The maximum absolute atomic E-state index is 14.1. The summed E-state index contributed by atoms with van der Waals surface area (Å²) in [5.41, 5.74) is 3.11. The Balaban J connectivity index is 1.52. The molecule has 1 aliphatic heterocycles. The average Bonchev–Trinajstić information content (AvgIpc) is 3.35. The highest BCUT2D eigenvalue weighted by molar-refractivity contribution is 7.07. The summed E-state index contributed by atoms with van der Waals surface area (Å²) in [7, 11) is 0. The van der Waals surface area contributed by atoms with Crippen LogP contribution in [-0.2, 0) is 16.1 Å². The standard InChI is InChI=1S/C35H26ClFN2O4S/c1-2-42-34(41)30-31(23-10-4-3-5-11-23)38-35-39(32(30)24-15-17-27(37)18-16-24)33(40)29(44-35)20-25-12-6-7-14-28(25)43-21-22-9-8-13-26(36)19-22/h3-20,32H,2,21H2,1H3/b29-20-/t32-/m1/s1. The number of carbonyl (C=O) groups excluding carboxylic acids is 1. The number of hydrogen-bond acceptors (Lipinski definition) is 6. The molecular weight excluding hydrogens is 599 g/mol. The van der Waals surface area contributed by atoms with Crippen LogP contribution in [0, 0.1) is 5.82 Å². The van der Waals surface area contributed by atoms with Gasteiger partial charge in [-0.25, -0.2) is 14.2 Å². The molecular formula is C35H26ClFN2O4S. The zero-order valence-corrected chi connectivity index (χ0v) is 25.1. The van der Waals surface area contributed by atoms with Gasteiger partial charge in [-0.05, 0) is 54.5 Å². The second-order valence-electron chi connectivity index (χ2n) is 9.94. The second-order valence-corrected chi connectivity index (χ2v) is 11.4. The van der Waals surface area contributed by atoms with Crippen molar-refractivity contribution in [3.63, 3.8) is 0 Å². The maximum Gasteiger partial charge on any atom is 0.338 e. The van der Waals surface area contributed by atoms with Crippen LogP contribution in [0.2, 0.25) is 5.02 Å². The molecule has 6 nitrogen and oxygen atoms in total.